The number of carbonyl (C=O) groups is 1. The van der Waals surface area contributed by atoms with E-state index in [2.05, 4.69) is 27.9 Å². The highest BCUT2D eigenvalue weighted by molar-refractivity contribution is 9.10. The highest BCUT2D eigenvalue weighted by atomic mass is 79.9. The van der Waals surface area contributed by atoms with Crippen LogP contribution in [0.5, 0.6) is 0 Å². The Balaban J connectivity index is 2.22. The van der Waals surface area contributed by atoms with Gasteiger partial charge in [-0.1, -0.05) is 35.2 Å². The number of nitrogens with zero attached hydrogens (tertiary/aromatic N) is 1. The lowest BCUT2D eigenvalue weighted by Gasteiger charge is -2.33. The number of hydrogen-bond acceptors (Lipinski definition) is 2. The first kappa shape index (κ1) is 12.6. The van der Waals surface area contributed by atoms with Gasteiger partial charge in [0, 0.05) is 28.8 Å². The minimum Gasteiger partial charge on any atom is -0.371 e. The van der Waals surface area contributed by atoms with E-state index in [9.17, 15) is 4.79 Å². The average molecular weight is 296 g/mol. The smallest absolute Gasteiger partial charge is 0.152 e. The van der Waals surface area contributed by atoms with Crippen molar-refractivity contribution in [3.8, 4) is 0 Å². The summed E-state index contributed by atoms with van der Waals surface area (Å²) in [7, 11) is 2.10. The summed E-state index contributed by atoms with van der Waals surface area (Å²) in [6.45, 7) is 0. The lowest BCUT2D eigenvalue weighted by Crippen LogP contribution is -2.33. The molecule has 0 N–H and O–H groups in total. The van der Waals surface area contributed by atoms with E-state index in [1.807, 2.05) is 18.2 Å². The summed E-state index contributed by atoms with van der Waals surface area (Å²) in [5, 5.41) is 0. The molecule has 1 aromatic carbocycles. The zero-order valence-corrected chi connectivity index (χ0v) is 11.7. The third kappa shape index (κ3) is 2.89. The fourth-order valence-corrected chi connectivity index (χ4v) is 2.98. The molecule has 17 heavy (non-hydrogen) atoms. The lowest BCUT2D eigenvalue weighted by atomic mass is 9.94. The van der Waals surface area contributed by atoms with Gasteiger partial charge in [-0.3, -0.25) is 4.79 Å². The molecule has 1 saturated carbocycles. The Morgan fingerprint density at radius 3 is 2.65 bits per heavy atom. The van der Waals surface area contributed by atoms with Crippen molar-refractivity contribution in [2.75, 3.05) is 11.9 Å². The molecule has 0 unspecified atom stereocenters. The van der Waals surface area contributed by atoms with E-state index in [1.54, 1.807) is 0 Å². The first-order chi connectivity index (χ1) is 8.22. The second kappa shape index (κ2) is 5.67. The largest absolute Gasteiger partial charge is 0.371 e. The molecule has 1 aliphatic carbocycles. The molecule has 0 amide bonds. The SMILES string of the molecule is CN(c1ccc(Br)cc1C=O)C1CCCCC1. The predicted octanol–water partition coefficient (Wildman–Crippen LogP) is 4.03. The Kier molecular flexibility index (Phi) is 4.21. The molecular formula is C14H18BrNO. The number of halogens is 1. The first-order valence-corrected chi connectivity index (χ1v) is 6.99. The standard InChI is InChI=1S/C14H18BrNO/c1-16(13-5-3-2-4-6-13)14-8-7-12(15)9-11(14)10-17/h7-10,13H,2-6H2,1H3. The van der Waals surface area contributed by atoms with E-state index in [1.165, 1.54) is 32.1 Å². The minimum absolute atomic E-state index is 0.587. The second-order valence-corrected chi connectivity index (χ2v) is 5.64. The van der Waals surface area contributed by atoms with Gasteiger partial charge in [-0.25, -0.2) is 0 Å². The predicted molar refractivity (Wildman–Crippen MR) is 74.8 cm³/mol. The highest BCUT2D eigenvalue weighted by Gasteiger charge is 2.20. The van der Waals surface area contributed by atoms with Crippen molar-refractivity contribution < 1.29 is 4.79 Å². The topological polar surface area (TPSA) is 20.3 Å². The summed E-state index contributed by atoms with van der Waals surface area (Å²) in [6, 6.07) is 6.51. The number of carbonyl (C=O) groups excluding carboxylic acids is 1. The lowest BCUT2D eigenvalue weighted by molar-refractivity contribution is 0.112. The molecule has 0 radical (unpaired) electrons. The van der Waals surface area contributed by atoms with Gasteiger partial charge in [-0.2, -0.15) is 0 Å². The van der Waals surface area contributed by atoms with Gasteiger partial charge in [0.05, 0.1) is 0 Å². The Morgan fingerprint density at radius 2 is 2.00 bits per heavy atom. The summed E-state index contributed by atoms with van der Waals surface area (Å²) in [5.41, 5.74) is 1.82. The normalized spacial score (nSPS) is 16.8. The molecule has 0 aliphatic heterocycles. The van der Waals surface area contributed by atoms with Gasteiger partial charge >= 0.3 is 0 Å². The van der Waals surface area contributed by atoms with Gasteiger partial charge in [-0.15, -0.1) is 0 Å². The van der Waals surface area contributed by atoms with Crippen LogP contribution in [0.2, 0.25) is 0 Å². The Labute approximate surface area is 111 Å². The highest BCUT2D eigenvalue weighted by Crippen LogP contribution is 2.29. The first-order valence-electron chi connectivity index (χ1n) is 6.20. The Hall–Kier alpha value is -0.830. The molecule has 1 aliphatic rings. The number of benzene rings is 1. The van der Waals surface area contributed by atoms with Crippen LogP contribution in [0, 0.1) is 0 Å². The van der Waals surface area contributed by atoms with Crippen molar-refractivity contribution in [3.05, 3.63) is 28.2 Å². The van der Waals surface area contributed by atoms with E-state index < -0.39 is 0 Å². The molecule has 2 nitrogen and oxygen atoms in total. The van der Waals surface area contributed by atoms with Crippen LogP contribution in [0.3, 0.4) is 0 Å². The maximum absolute atomic E-state index is 11.1. The summed E-state index contributed by atoms with van der Waals surface area (Å²) in [6.07, 6.45) is 7.39. The number of anilines is 1. The van der Waals surface area contributed by atoms with Crippen LogP contribution in [-0.4, -0.2) is 19.4 Å². The second-order valence-electron chi connectivity index (χ2n) is 4.72. The molecule has 2 rings (SSSR count). The van der Waals surface area contributed by atoms with Gasteiger partial charge in [-0.05, 0) is 31.0 Å². The van der Waals surface area contributed by atoms with E-state index in [4.69, 9.17) is 0 Å². The molecule has 0 heterocycles. The molecule has 1 fully saturated rings. The maximum Gasteiger partial charge on any atom is 0.152 e. The van der Waals surface area contributed by atoms with Crippen LogP contribution in [0.25, 0.3) is 0 Å². The minimum atomic E-state index is 0.587. The van der Waals surface area contributed by atoms with Crippen LogP contribution < -0.4 is 4.90 Å². The molecular weight excluding hydrogens is 278 g/mol. The average Bonchev–Trinajstić information content (AvgIpc) is 2.39. The van der Waals surface area contributed by atoms with Gasteiger partial charge in [0.2, 0.25) is 0 Å². The fourth-order valence-electron chi connectivity index (χ4n) is 2.61. The molecule has 3 heteroatoms. The summed E-state index contributed by atoms with van der Waals surface area (Å²) >= 11 is 3.40. The molecule has 0 aromatic heterocycles. The van der Waals surface area contributed by atoms with Crippen molar-refractivity contribution in [2.24, 2.45) is 0 Å². The maximum atomic E-state index is 11.1. The van der Waals surface area contributed by atoms with Crippen molar-refractivity contribution in [3.63, 3.8) is 0 Å². The number of hydrogen-bond donors (Lipinski definition) is 0. The van der Waals surface area contributed by atoms with Crippen LogP contribution in [-0.2, 0) is 0 Å². The zero-order chi connectivity index (χ0) is 12.3. The van der Waals surface area contributed by atoms with Gasteiger partial charge in [0.25, 0.3) is 0 Å². The molecule has 92 valence electrons. The van der Waals surface area contributed by atoms with Crippen molar-refractivity contribution >= 4 is 27.9 Å². The molecule has 0 bridgehead atoms. The summed E-state index contributed by atoms with van der Waals surface area (Å²) in [4.78, 5) is 13.4. The van der Waals surface area contributed by atoms with Crippen molar-refractivity contribution in [1.82, 2.24) is 0 Å². The van der Waals surface area contributed by atoms with Gasteiger partial charge in [0.1, 0.15) is 0 Å². The van der Waals surface area contributed by atoms with E-state index >= 15 is 0 Å². The quantitative estimate of drug-likeness (QED) is 0.785. The third-order valence-corrected chi connectivity index (χ3v) is 4.11. The monoisotopic (exact) mass is 295 g/mol. The molecule has 1 aromatic rings. The van der Waals surface area contributed by atoms with Crippen LogP contribution in [0.1, 0.15) is 42.5 Å². The van der Waals surface area contributed by atoms with Crippen molar-refractivity contribution in [2.45, 2.75) is 38.1 Å². The fraction of sp³-hybridized carbons (Fsp3) is 0.500. The number of aldehydes is 1. The van der Waals surface area contributed by atoms with Crippen LogP contribution in [0.4, 0.5) is 5.69 Å². The molecule has 0 saturated heterocycles. The Bertz CT molecular complexity index is 399. The third-order valence-electron chi connectivity index (χ3n) is 3.62. The summed E-state index contributed by atoms with van der Waals surface area (Å²) in [5.74, 6) is 0. The zero-order valence-electron chi connectivity index (χ0n) is 10.2. The van der Waals surface area contributed by atoms with E-state index in [0.29, 0.717) is 6.04 Å². The van der Waals surface area contributed by atoms with Crippen molar-refractivity contribution in [1.29, 1.82) is 0 Å². The van der Waals surface area contributed by atoms with Crippen LogP contribution in [0.15, 0.2) is 22.7 Å². The number of rotatable bonds is 3. The molecule has 0 spiro atoms. The summed E-state index contributed by atoms with van der Waals surface area (Å²) < 4.78 is 0.959. The van der Waals surface area contributed by atoms with E-state index in [0.717, 1.165) is 22.0 Å². The molecule has 0 atom stereocenters. The van der Waals surface area contributed by atoms with E-state index in [-0.39, 0.29) is 0 Å². The van der Waals surface area contributed by atoms with Gasteiger partial charge < -0.3 is 4.90 Å². The van der Waals surface area contributed by atoms with Gasteiger partial charge in [0.15, 0.2) is 6.29 Å². The Morgan fingerprint density at radius 1 is 1.29 bits per heavy atom. The van der Waals surface area contributed by atoms with Crippen LogP contribution >= 0.6 is 15.9 Å².